The number of ketones is 1. The monoisotopic (exact) mass is 227 g/mol. The lowest BCUT2D eigenvalue weighted by Gasteiger charge is -2.58. The highest BCUT2D eigenvalue weighted by Gasteiger charge is 2.58. The second-order valence-electron chi connectivity index (χ2n) is 5.74. The summed E-state index contributed by atoms with van der Waals surface area (Å²) in [7, 11) is 1.58. The molecule has 3 atom stereocenters. The van der Waals surface area contributed by atoms with Crippen molar-refractivity contribution >= 4 is 5.78 Å². The van der Waals surface area contributed by atoms with E-state index in [1.54, 1.807) is 7.11 Å². The van der Waals surface area contributed by atoms with Gasteiger partial charge < -0.3 is 9.84 Å². The molecule has 0 radical (unpaired) electrons. The summed E-state index contributed by atoms with van der Waals surface area (Å²) in [5.41, 5.74) is -0.741. The first kappa shape index (κ1) is 12.0. The van der Waals surface area contributed by atoms with Crippen molar-refractivity contribution in [2.75, 3.05) is 33.4 Å². The fourth-order valence-electron chi connectivity index (χ4n) is 3.31. The largest absolute Gasteiger partial charge is 0.394 e. The Morgan fingerprint density at radius 2 is 2.25 bits per heavy atom. The molecule has 1 N–H and O–H groups in total. The first-order valence-electron chi connectivity index (χ1n) is 5.87. The minimum Gasteiger partial charge on any atom is -0.394 e. The molecule has 0 saturated carbocycles. The Morgan fingerprint density at radius 1 is 1.56 bits per heavy atom. The summed E-state index contributed by atoms with van der Waals surface area (Å²) in [5, 5.41) is 9.59. The minimum absolute atomic E-state index is 0.0295. The molecule has 16 heavy (non-hydrogen) atoms. The number of ether oxygens (including phenoxy) is 1. The van der Waals surface area contributed by atoms with E-state index in [9.17, 15) is 9.90 Å². The Morgan fingerprint density at radius 3 is 2.69 bits per heavy atom. The average molecular weight is 227 g/mol. The third kappa shape index (κ3) is 1.44. The van der Waals surface area contributed by atoms with Gasteiger partial charge in [-0.25, -0.2) is 0 Å². The zero-order chi connectivity index (χ0) is 12.0. The first-order chi connectivity index (χ1) is 7.48. The van der Waals surface area contributed by atoms with Crippen LogP contribution in [0, 0.1) is 11.3 Å². The van der Waals surface area contributed by atoms with Gasteiger partial charge in [-0.1, -0.05) is 13.8 Å². The highest BCUT2D eigenvalue weighted by Crippen LogP contribution is 2.46. The van der Waals surface area contributed by atoms with Crippen molar-refractivity contribution in [3.63, 3.8) is 0 Å². The van der Waals surface area contributed by atoms with Gasteiger partial charge in [0.25, 0.3) is 0 Å². The average Bonchev–Trinajstić information content (AvgIpc) is 2.22. The molecule has 0 aromatic heterocycles. The molecule has 3 rings (SSSR count). The standard InChI is InChI=1S/C12H21NO3/c1-11(2)6-13-5-4-9(11)10(15)12(13,7-14)8-16-3/h9,14H,4-8H2,1-3H3/t9-,12-/m1/s1. The molecule has 4 nitrogen and oxygen atoms in total. The van der Waals surface area contributed by atoms with Gasteiger partial charge in [0, 0.05) is 26.1 Å². The van der Waals surface area contributed by atoms with Gasteiger partial charge >= 0.3 is 0 Å². The minimum atomic E-state index is -0.771. The summed E-state index contributed by atoms with van der Waals surface area (Å²) in [6, 6.07) is 0. The van der Waals surface area contributed by atoms with E-state index >= 15 is 0 Å². The second-order valence-corrected chi connectivity index (χ2v) is 5.74. The maximum atomic E-state index is 12.5. The van der Waals surface area contributed by atoms with Crippen molar-refractivity contribution < 1.29 is 14.6 Å². The topological polar surface area (TPSA) is 49.8 Å². The zero-order valence-electron chi connectivity index (χ0n) is 10.3. The number of rotatable bonds is 3. The van der Waals surface area contributed by atoms with Crippen LogP contribution in [0.25, 0.3) is 0 Å². The number of aliphatic hydroxyl groups excluding tert-OH is 1. The van der Waals surface area contributed by atoms with Gasteiger partial charge in [-0.3, -0.25) is 9.69 Å². The van der Waals surface area contributed by atoms with Crippen LogP contribution in [0.2, 0.25) is 0 Å². The van der Waals surface area contributed by atoms with Gasteiger partial charge in [0.15, 0.2) is 5.78 Å². The molecular weight excluding hydrogens is 206 g/mol. The van der Waals surface area contributed by atoms with Crippen LogP contribution in [0.5, 0.6) is 0 Å². The number of carbonyl (C=O) groups excluding carboxylic acids is 1. The molecule has 0 aromatic rings. The van der Waals surface area contributed by atoms with Crippen molar-refractivity contribution in [2.24, 2.45) is 11.3 Å². The molecule has 0 amide bonds. The predicted octanol–water partition coefficient (Wildman–Crippen LogP) is 0.295. The maximum Gasteiger partial charge on any atom is 0.161 e. The van der Waals surface area contributed by atoms with Gasteiger partial charge in [-0.15, -0.1) is 0 Å². The van der Waals surface area contributed by atoms with Crippen molar-refractivity contribution in [1.82, 2.24) is 4.90 Å². The van der Waals surface area contributed by atoms with Crippen LogP contribution in [0.4, 0.5) is 0 Å². The van der Waals surface area contributed by atoms with E-state index in [0.29, 0.717) is 6.61 Å². The van der Waals surface area contributed by atoms with E-state index in [1.165, 1.54) is 0 Å². The fourth-order valence-corrected chi connectivity index (χ4v) is 3.31. The zero-order valence-corrected chi connectivity index (χ0v) is 10.3. The van der Waals surface area contributed by atoms with Crippen LogP contribution < -0.4 is 0 Å². The normalized spacial score (nSPS) is 41.4. The van der Waals surface area contributed by atoms with E-state index < -0.39 is 5.54 Å². The predicted molar refractivity (Wildman–Crippen MR) is 60.2 cm³/mol. The molecule has 1 unspecified atom stereocenters. The van der Waals surface area contributed by atoms with E-state index in [1.807, 2.05) is 0 Å². The molecule has 3 saturated heterocycles. The van der Waals surface area contributed by atoms with E-state index in [-0.39, 0.29) is 23.7 Å². The quantitative estimate of drug-likeness (QED) is 0.753. The van der Waals surface area contributed by atoms with Crippen molar-refractivity contribution in [3.8, 4) is 0 Å². The number of hydrogen-bond donors (Lipinski definition) is 1. The number of fused-ring (bicyclic) bond motifs is 3. The first-order valence-corrected chi connectivity index (χ1v) is 5.87. The summed E-state index contributed by atoms with van der Waals surface area (Å²) in [5.74, 6) is 0.235. The number of nitrogens with zero attached hydrogens (tertiary/aromatic N) is 1. The van der Waals surface area contributed by atoms with Crippen LogP contribution in [-0.4, -0.2) is 54.7 Å². The Kier molecular flexibility index (Phi) is 2.85. The Bertz CT molecular complexity index is 303. The van der Waals surface area contributed by atoms with E-state index in [4.69, 9.17) is 4.74 Å². The van der Waals surface area contributed by atoms with Gasteiger partial charge in [-0.2, -0.15) is 0 Å². The van der Waals surface area contributed by atoms with Crippen LogP contribution in [-0.2, 0) is 9.53 Å². The van der Waals surface area contributed by atoms with Gasteiger partial charge in [0.1, 0.15) is 5.54 Å². The molecule has 2 bridgehead atoms. The van der Waals surface area contributed by atoms with Crippen molar-refractivity contribution in [1.29, 1.82) is 0 Å². The fraction of sp³-hybridized carbons (Fsp3) is 0.917. The molecular formula is C12H21NO3. The van der Waals surface area contributed by atoms with Crippen LogP contribution in [0.15, 0.2) is 0 Å². The SMILES string of the molecule is COC[C@]1(CO)C(=O)[C@H]2CCN1CC2(C)C. The molecule has 0 spiro atoms. The number of Topliss-reactive ketones (excluding diaryl/α,β-unsaturated/α-hetero) is 1. The summed E-state index contributed by atoms with van der Waals surface area (Å²) in [6.45, 7) is 6.20. The van der Waals surface area contributed by atoms with Crippen LogP contribution >= 0.6 is 0 Å². The van der Waals surface area contributed by atoms with E-state index in [0.717, 1.165) is 19.5 Å². The lowest BCUT2D eigenvalue weighted by Crippen LogP contribution is -2.73. The highest BCUT2D eigenvalue weighted by atomic mass is 16.5. The van der Waals surface area contributed by atoms with E-state index in [2.05, 4.69) is 18.7 Å². The van der Waals surface area contributed by atoms with Crippen molar-refractivity contribution in [2.45, 2.75) is 25.8 Å². The van der Waals surface area contributed by atoms with Gasteiger partial charge in [-0.05, 0) is 11.8 Å². The molecule has 3 aliphatic rings. The summed E-state index contributed by atoms with van der Waals surface area (Å²) < 4.78 is 5.14. The number of aliphatic hydroxyl groups is 1. The molecule has 3 heterocycles. The Balaban J connectivity index is 2.34. The maximum absolute atomic E-state index is 12.5. The molecule has 3 aliphatic heterocycles. The molecule has 0 aliphatic carbocycles. The lowest BCUT2D eigenvalue weighted by molar-refractivity contribution is -0.172. The smallest absolute Gasteiger partial charge is 0.161 e. The summed E-state index contributed by atoms with van der Waals surface area (Å²) in [6.07, 6.45) is 0.914. The summed E-state index contributed by atoms with van der Waals surface area (Å²) >= 11 is 0. The number of methoxy groups -OCH3 is 1. The van der Waals surface area contributed by atoms with Crippen LogP contribution in [0.3, 0.4) is 0 Å². The van der Waals surface area contributed by atoms with Gasteiger partial charge in [0.2, 0.25) is 0 Å². The van der Waals surface area contributed by atoms with Gasteiger partial charge in [0.05, 0.1) is 13.2 Å². The third-order valence-corrected chi connectivity index (χ3v) is 4.25. The summed E-state index contributed by atoms with van der Waals surface area (Å²) in [4.78, 5) is 14.6. The second kappa shape index (κ2) is 3.79. The van der Waals surface area contributed by atoms with Crippen LogP contribution in [0.1, 0.15) is 20.3 Å². The number of hydrogen-bond acceptors (Lipinski definition) is 4. The highest BCUT2D eigenvalue weighted by molar-refractivity contribution is 5.93. The molecule has 4 heteroatoms. The lowest BCUT2D eigenvalue weighted by atomic mass is 9.62. The molecule has 92 valence electrons. The third-order valence-electron chi connectivity index (χ3n) is 4.25. The van der Waals surface area contributed by atoms with Crippen molar-refractivity contribution in [3.05, 3.63) is 0 Å². The number of piperidine rings is 3. The Hall–Kier alpha value is -0.450. The number of carbonyl (C=O) groups is 1. The molecule has 3 fully saturated rings. The Labute approximate surface area is 96.6 Å². The molecule has 0 aromatic carbocycles.